The van der Waals surface area contributed by atoms with Gasteiger partial charge in [-0.15, -0.1) is 11.3 Å². The van der Waals surface area contributed by atoms with E-state index in [0.29, 0.717) is 19.5 Å². The molecule has 2 aromatic rings. The van der Waals surface area contributed by atoms with Crippen LogP contribution in [-0.2, 0) is 11.3 Å². The molecule has 2 aliphatic heterocycles. The maximum Gasteiger partial charge on any atom is 0.221 e. The van der Waals surface area contributed by atoms with E-state index in [9.17, 15) is 4.79 Å². The number of nitrogens with one attached hydrogen (secondary N) is 2. The minimum absolute atomic E-state index is 0.0378. The van der Waals surface area contributed by atoms with E-state index < -0.39 is 0 Å². The summed E-state index contributed by atoms with van der Waals surface area (Å²) >= 11 is 1.65. The number of carbonyl (C=O) groups excluding carboxylic acids is 1. The molecule has 2 atom stereocenters. The molecule has 7 heteroatoms. The minimum Gasteiger partial charge on any atom is -0.351 e. The van der Waals surface area contributed by atoms with Gasteiger partial charge in [0.1, 0.15) is 18.0 Å². The van der Waals surface area contributed by atoms with Crippen LogP contribution >= 0.6 is 11.3 Å². The molecular formula is C21H23N5OS. The van der Waals surface area contributed by atoms with Crippen molar-refractivity contribution < 1.29 is 4.79 Å². The number of fused-ring (bicyclic) bond motifs is 1. The van der Waals surface area contributed by atoms with Crippen molar-refractivity contribution in [1.82, 2.24) is 15.5 Å². The summed E-state index contributed by atoms with van der Waals surface area (Å²) in [6.07, 6.45) is 5.86. The summed E-state index contributed by atoms with van der Waals surface area (Å²) in [5, 5.41) is 8.51. The summed E-state index contributed by atoms with van der Waals surface area (Å²) < 4.78 is 0. The first-order chi connectivity index (χ1) is 13.7. The van der Waals surface area contributed by atoms with E-state index in [1.54, 1.807) is 23.8 Å². The van der Waals surface area contributed by atoms with Crippen molar-refractivity contribution in [3.63, 3.8) is 0 Å². The van der Waals surface area contributed by atoms with Gasteiger partial charge in [0.25, 0.3) is 0 Å². The van der Waals surface area contributed by atoms with Gasteiger partial charge in [0, 0.05) is 30.2 Å². The fraction of sp³-hybridized carbons (Fsp3) is 0.286. The summed E-state index contributed by atoms with van der Waals surface area (Å²) in [6, 6.07) is 12.3. The Bertz CT molecular complexity index is 919. The molecule has 28 heavy (non-hydrogen) atoms. The molecule has 0 bridgehead atoms. The number of aryl methyl sites for hydroxylation is 1. The van der Waals surface area contributed by atoms with E-state index in [0.717, 1.165) is 10.7 Å². The number of hydrogen-bond acceptors (Lipinski definition) is 6. The number of rotatable bonds is 7. The van der Waals surface area contributed by atoms with E-state index in [4.69, 9.17) is 4.99 Å². The van der Waals surface area contributed by atoms with Crippen molar-refractivity contribution in [1.29, 1.82) is 0 Å². The SMILES string of the molecule is Cc1ccccc1C1N=C2C=NC=CN2C1NCCC(=O)NCc1cccs1. The van der Waals surface area contributed by atoms with Crippen LogP contribution < -0.4 is 10.6 Å². The summed E-state index contributed by atoms with van der Waals surface area (Å²) in [4.78, 5) is 24.5. The molecule has 0 spiro atoms. The highest BCUT2D eigenvalue weighted by atomic mass is 32.1. The first-order valence-corrected chi connectivity index (χ1v) is 10.2. The van der Waals surface area contributed by atoms with Gasteiger partial charge in [0.2, 0.25) is 5.91 Å². The predicted octanol–water partition coefficient (Wildman–Crippen LogP) is 2.99. The van der Waals surface area contributed by atoms with E-state index in [1.807, 2.05) is 35.8 Å². The summed E-state index contributed by atoms with van der Waals surface area (Å²) in [5.74, 6) is 0.888. The van der Waals surface area contributed by atoms with Crippen LogP contribution in [0.3, 0.4) is 0 Å². The molecule has 0 radical (unpaired) electrons. The van der Waals surface area contributed by atoms with Gasteiger partial charge in [-0.1, -0.05) is 30.3 Å². The Kier molecular flexibility index (Phi) is 5.64. The third kappa shape index (κ3) is 4.05. The van der Waals surface area contributed by atoms with Crippen LogP contribution in [0.4, 0.5) is 0 Å². The Hall–Kier alpha value is -2.77. The number of amides is 1. The van der Waals surface area contributed by atoms with Crippen LogP contribution in [0.25, 0.3) is 0 Å². The monoisotopic (exact) mass is 393 g/mol. The molecular weight excluding hydrogens is 370 g/mol. The lowest BCUT2D eigenvalue weighted by molar-refractivity contribution is -0.121. The van der Waals surface area contributed by atoms with Crippen LogP contribution in [0, 0.1) is 6.92 Å². The standard InChI is InChI=1S/C21H23N5OS/c1-15-5-2-3-7-17(15)20-21(26-11-10-22-14-18(26)25-20)23-9-8-19(27)24-13-16-6-4-12-28-16/h2-7,10-12,14,20-21,23H,8-9,13H2,1H3,(H,24,27). The van der Waals surface area contributed by atoms with Gasteiger partial charge in [0.15, 0.2) is 0 Å². The van der Waals surface area contributed by atoms with Gasteiger partial charge in [-0.2, -0.15) is 0 Å². The Morgan fingerprint density at radius 3 is 2.96 bits per heavy atom. The normalized spacial score (nSPS) is 20.2. The Morgan fingerprint density at radius 2 is 2.14 bits per heavy atom. The van der Waals surface area contributed by atoms with Crippen molar-refractivity contribution >= 4 is 29.3 Å². The maximum absolute atomic E-state index is 12.2. The summed E-state index contributed by atoms with van der Waals surface area (Å²) in [6.45, 7) is 3.27. The number of hydrogen-bond donors (Lipinski definition) is 2. The van der Waals surface area contributed by atoms with Crippen molar-refractivity contribution in [3.05, 3.63) is 70.2 Å². The molecule has 0 saturated heterocycles. The largest absolute Gasteiger partial charge is 0.351 e. The molecule has 0 fully saturated rings. The zero-order valence-corrected chi connectivity index (χ0v) is 16.5. The number of thiophene rings is 1. The van der Waals surface area contributed by atoms with E-state index in [2.05, 4.69) is 39.6 Å². The highest BCUT2D eigenvalue weighted by Gasteiger charge is 2.36. The summed E-state index contributed by atoms with van der Waals surface area (Å²) in [7, 11) is 0. The van der Waals surface area contributed by atoms with Gasteiger partial charge < -0.3 is 10.2 Å². The highest BCUT2D eigenvalue weighted by molar-refractivity contribution is 7.09. The quantitative estimate of drug-likeness (QED) is 0.760. The van der Waals surface area contributed by atoms with Crippen molar-refractivity contribution in [2.75, 3.05) is 6.54 Å². The first-order valence-electron chi connectivity index (χ1n) is 9.36. The highest BCUT2D eigenvalue weighted by Crippen LogP contribution is 2.32. The molecule has 2 unspecified atom stereocenters. The van der Waals surface area contributed by atoms with Gasteiger partial charge >= 0.3 is 0 Å². The Morgan fingerprint density at radius 1 is 1.25 bits per heavy atom. The van der Waals surface area contributed by atoms with Crippen LogP contribution in [0.1, 0.15) is 28.5 Å². The lowest BCUT2D eigenvalue weighted by Crippen LogP contribution is -2.46. The van der Waals surface area contributed by atoms with Crippen molar-refractivity contribution in [2.45, 2.75) is 32.1 Å². The molecule has 0 aliphatic carbocycles. The smallest absolute Gasteiger partial charge is 0.221 e. The third-order valence-electron chi connectivity index (χ3n) is 4.89. The van der Waals surface area contributed by atoms with Crippen molar-refractivity contribution in [3.8, 4) is 0 Å². The molecule has 144 valence electrons. The average Bonchev–Trinajstić information content (AvgIpc) is 3.35. The van der Waals surface area contributed by atoms with Gasteiger partial charge in [-0.25, -0.2) is 0 Å². The van der Waals surface area contributed by atoms with Crippen LogP contribution in [0.2, 0.25) is 0 Å². The number of nitrogens with zero attached hydrogens (tertiary/aromatic N) is 3. The van der Waals surface area contributed by atoms with Gasteiger partial charge in [-0.3, -0.25) is 20.1 Å². The maximum atomic E-state index is 12.2. The molecule has 6 nitrogen and oxygen atoms in total. The Labute approximate surface area is 168 Å². The van der Waals surface area contributed by atoms with Crippen LogP contribution in [0.15, 0.2) is 64.2 Å². The third-order valence-corrected chi connectivity index (χ3v) is 5.77. The first kappa shape index (κ1) is 18.6. The van der Waals surface area contributed by atoms with Crippen LogP contribution in [-0.4, -0.2) is 35.6 Å². The molecule has 2 aliphatic rings. The number of carbonyl (C=O) groups is 1. The molecule has 0 saturated carbocycles. The lowest BCUT2D eigenvalue weighted by atomic mass is 9.99. The molecule has 3 heterocycles. The second-order valence-corrected chi connectivity index (χ2v) is 7.81. The lowest BCUT2D eigenvalue weighted by Gasteiger charge is -2.29. The van der Waals surface area contributed by atoms with E-state index in [1.165, 1.54) is 11.1 Å². The second kappa shape index (κ2) is 8.50. The number of amidine groups is 1. The number of benzene rings is 1. The second-order valence-electron chi connectivity index (χ2n) is 6.78. The zero-order valence-electron chi connectivity index (χ0n) is 15.7. The topological polar surface area (TPSA) is 69.1 Å². The van der Waals surface area contributed by atoms with Crippen LogP contribution in [0.5, 0.6) is 0 Å². The molecule has 1 amide bonds. The predicted molar refractivity (Wildman–Crippen MR) is 113 cm³/mol. The molecule has 1 aromatic heterocycles. The minimum atomic E-state index is -0.0421. The summed E-state index contributed by atoms with van der Waals surface area (Å²) in [5.41, 5.74) is 2.39. The van der Waals surface area contributed by atoms with E-state index in [-0.39, 0.29) is 18.1 Å². The average molecular weight is 394 g/mol. The number of aliphatic imine (C=N–C) groups is 2. The fourth-order valence-corrected chi connectivity index (χ4v) is 4.10. The molecule has 1 aromatic carbocycles. The van der Waals surface area contributed by atoms with Gasteiger partial charge in [0.05, 0.1) is 12.8 Å². The zero-order chi connectivity index (χ0) is 19.3. The molecule has 4 rings (SSSR count). The fourth-order valence-electron chi connectivity index (χ4n) is 3.45. The molecule has 2 N–H and O–H groups in total. The Balaban J connectivity index is 1.38. The van der Waals surface area contributed by atoms with Gasteiger partial charge in [-0.05, 0) is 29.5 Å². The van der Waals surface area contributed by atoms with Crippen molar-refractivity contribution in [2.24, 2.45) is 9.98 Å². The van der Waals surface area contributed by atoms with E-state index >= 15 is 0 Å².